The van der Waals surface area contributed by atoms with Crippen molar-refractivity contribution in [3.63, 3.8) is 0 Å². The number of hydrogen-bond acceptors (Lipinski definition) is 5. The van der Waals surface area contributed by atoms with Gasteiger partial charge in [0.15, 0.2) is 6.23 Å². The lowest BCUT2D eigenvalue weighted by Crippen LogP contribution is -2.35. The van der Waals surface area contributed by atoms with E-state index in [-0.39, 0.29) is 6.23 Å². The molecule has 1 unspecified atom stereocenters. The van der Waals surface area contributed by atoms with E-state index in [2.05, 4.69) is 17.0 Å². The van der Waals surface area contributed by atoms with E-state index in [1.807, 2.05) is 73.7 Å². The lowest BCUT2D eigenvalue weighted by atomic mass is 10.1. The molecule has 0 fully saturated rings. The fraction of sp³-hybridized carbons (Fsp3) is 0.185. The molecule has 0 amide bonds. The molecule has 0 radical (unpaired) electrons. The van der Waals surface area contributed by atoms with Gasteiger partial charge in [0.05, 0.1) is 11.2 Å². The molecule has 1 atom stereocenters. The van der Waals surface area contributed by atoms with Crippen LogP contribution in [0.2, 0.25) is 0 Å². The standard InChI is InChI=1S/C27H24N2O3/c1-19-23-17-26(31-18-30)29(15-14-20-8-4-2-5-9-20)27(23)24-16-22(12-13-25(24)28-19)32-21-10-6-3-7-11-21/h2-13,16,18,26H,14-15,17H2,1H3. The monoisotopic (exact) mass is 424 g/mol. The van der Waals surface area contributed by atoms with Gasteiger partial charge in [-0.3, -0.25) is 9.78 Å². The Morgan fingerprint density at radius 2 is 1.75 bits per heavy atom. The summed E-state index contributed by atoms with van der Waals surface area (Å²) in [7, 11) is 0. The number of carbonyl (C=O) groups excluding carboxylic acids is 1. The van der Waals surface area contributed by atoms with Gasteiger partial charge in [0, 0.05) is 29.6 Å². The van der Waals surface area contributed by atoms with Crippen molar-refractivity contribution < 1.29 is 14.3 Å². The molecule has 0 aliphatic carbocycles. The van der Waals surface area contributed by atoms with E-state index in [1.165, 1.54) is 5.56 Å². The number of aromatic nitrogens is 1. The number of anilines is 1. The molecular weight excluding hydrogens is 400 g/mol. The number of aryl methyl sites for hydroxylation is 1. The fourth-order valence-corrected chi connectivity index (χ4v) is 4.41. The third-order valence-electron chi connectivity index (χ3n) is 5.92. The average molecular weight is 425 g/mol. The highest BCUT2D eigenvalue weighted by molar-refractivity contribution is 5.96. The molecule has 1 aliphatic rings. The van der Waals surface area contributed by atoms with E-state index < -0.39 is 0 Å². The highest BCUT2D eigenvalue weighted by Gasteiger charge is 2.34. The van der Waals surface area contributed by atoms with E-state index >= 15 is 0 Å². The Morgan fingerprint density at radius 3 is 2.50 bits per heavy atom. The summed E-state index contributed by atoms with van der Waals surface area (Å²) >= 11 is 0. The van der Waals surface area contributed by atoms with Crippen molar-refractivity contribution in [3.8, 4) is 11.5 Å². The van der Waals surface area contributed by atoms with Gasteiger partial charge in [0.2, 0.25) is 0 Å². The van der Waals surface area contributed by atoms with Crippen LogP contribution in [0.4, 0.5) is 5.69 Å². The van der Waals surface area contributed by atoms with Crippen molar-refractivity contribution in [1.82, 2.24) is 4.98 Å². The quantitative estimate of drug-likeness (QED) is 0.370. The summed E-state index contributed by atoms with van der Waals surface area (Å²) in [4.78, 5) is 18.3. The zero-order chi connectivity index (χ0) is 21.9. The summed E-state index contributed by atoms with van der Waals surface area (Å²) in [6.45, 7) is 3.30. The number of hydrogen-bond donors (Lipinski definition) is 0. The van der Waals surface area contributed by atoms with Crippen molar-refractivity contribution in [2.24, 2.45) is 0 Å². The molecule has 0 saturated heterocycles. The van der Waals surface area contributed by atoms with Gasteiger partial charge in [-0.25, -0.2) is 0 Å². The molecule has 0 spiro atoms. The average Bonchev–Trinajstić information content (AvgIpc) is 3.19. The van der Waals surface area contributed by atoms with Crippen LogP contribution in [0.25, 0.3) is 10.9 Å². The summed E-state index contributed by atoms with van der Waals surface area (Å²) < 4.78 is 11.6. The van der Waals surface area contributed by atoms with Gasteiger partial charge in [-0.2, -0.15) is 0 Å². The Labute approximate surface area is 187 Å². The minimum Gasteiger partial charge on any atom is -0.457 e. The zero-order valence-corrected chi connectivity index (χ0v) is 17.9. The molecule has 5 rings (SSSR count). The van der Waals surface area contributed by atoms with Crippen molar-refractivity contribution >= 4 is 23.1 Å². The second-order valence-corrected chi connectivity index (χ2v) is 7.94. The molecular formula is C27H24N2O3. The van der Waals surface area contributed by atoms with Crippen LogP contribution >= 0.6 is 0 Å². The number of pyridine rings is 1. The van der Waals surface area contributed by atoms with Crippen molar-refractivity contribution in [1.29, 1.82) is 0 Å². The lowest BCUT2D eigenvalue weighted by molar-refractivity contribution is -0.133. The molecule has 0 saturated carbocycles. The van der Waals surface area contributed by atoms with Gasteiger partial charge in [-0.05, 0) is 49.2 Å². The van der Waals surface area contributed by atoms with E-state index in [1.54, 1.807) is 0 Å². The maximum absolute atomic E-state index is 11.3. The summed E-state index contributed by atoms with van der Waals surface area (Å²) in [5, 5.41) is 1.00. The van der Waals surface area contributed by atoms with Crippen molar-refractivity contribution in [2.75, 3.05) is 11.4 Å². The molecule has 1 aliphatic heterocycles. The van der Waals surface area contributed by atoms with E-state index in [0.29, 0.717) is 12.9 Å². The Morgan fingerprint density at radius 1 is 1.00 bits per heavy atom. The van der Waals surface area contributed by atoms with E-state index in [4.69, 9.17) is 14.5 Å². The number of para-hydroxylation sites is 1. The number of rotatable bonds is 7. The highest BCUT2D eigenvalue weighted by Crippen LogP contribution is 2.41. The van der Waals surface area contributed by atoms with Crippen LogP contribution in [-0.4, -0.2) is 24.2 Å². The van der Waals surface area contributed by atoms with Crippen molar-refractivity contribution in [2.45, 2.75) is 26.0 Å². The van der Waals surface area contributed by atoms with Crippen molar-refractivity contribution in [3.05, 3.63) is 95.7 Å². The number of carbonyl (C=O) groups is 1. The van der Waals surface area contributed by atoms with Crippen LogP contribution in [0.3, 0.4) is 0 Å². The zero-order valence-electron chi connectivity index (χ0n) is 17.9. The van der Waals surface area contributed by atoms with Crippen LogP contribution in [0, 0.1) is 6.92 Å². The third-order valence-corrected chi connectivity index (χ3v) is 5.92. The molecule has 2 heterocycles. The van der Waals surface area contributed by atoms with Gasteiger partial charge >= 0.3 is 0 Å². The summed E-state index contributed by atoms with van der Waals surface area (Å²) in [6.07, 6.45) is 1.14. The van der Waals surface area contributed by atoms with Crippen LogP contribution in [0.15, 0.2) is 78.9 Å². The molecule has 5 heteroatoms. The maximum Gasteiger partial charge on any atom is 0.295 e. The largest absolute Gasteiger partial charge is 0.457 e. The molecule has 5 nitrogen and oxygen atoms in total. The molecule has 4 aromatic rings. The second kappa shape index (κ2) is 8.71. The normalized spacial score (nSPS) is 14.9. The van der Waals surface area contributed by atoms with Crippen LogP contribution < -0.4 is 9.64 Å². The summed E-state index contributed by atoms with van der Waals surface area (Å²) in [5.41, 5.74) is 5.31. The Kier molecular flexibility index (Phi) is 5.46. The van der Waals surface area contributed by atoms with E-state index in [9.17, 15) is 4.79 Å². The first kappa shape index (κ1) is 20.1. The van der Waals surface area contributed by atoms with Crippen LogP contribution in [0.5, 0.6) is 11.5 Å². The van der Waals surface area contributed by atoms with E-state index in [0.717, 1.165) is 52.3 Å². The minimum atomic E-state index is -0.337. The fourth-order valence-electron chi connectivity index (χ4n) is 4.41. The molecule has 0 N–H and O–H groups in total. The summed E-state index contributed by atoms with van der Waals surface area (Å²) in [5.74, 6) is 1.53. The topological polar surface area (TPSA) is 51.7 Å². The predicted molar refractivity (Wildman–Crippen MR) is 125 cm³/mol. The SMILES string of the molecule is Cc1nc2ccc(Oc3ccccc3)cc2c2c1CC(OC=O)N2CCc1ccccc1. The Balaban J connectivity index is 1.55. The van der Waals surface area contributed by atoms with Gasteiger partial charge < -0.3 is 14.4 Å². The maximum atomic E-state index is 11.3. The Bertz CT molecular complexity index is 1240. The smallest absolute Gasteiger partial charge is 0.295 e. The van der Waals surface area contributed by atoms with Gasteiger partial charge in [0.1, 0.15) is 11.5 Å². The third kappa shape index (κ3) is 3.89. The number of fused-ring (bicyclic) bond motifs is 3. The number of ether oxygens (including phenoxy) is 2. The van der Waals surface area contributed by atoms with Gasteiger partial charge in [0.25, 0.3) is 6.47 Å². The van der Waals surface area contributed by atoms with Gasteiger partial charge in [-0.1, -0.05) is 48.5 Å². The molecule has 3 aromatic carbocycles. The highest BCUT2D eigenvalue weighted by atomic mass is 16.5. The van der Waals surface area contributed by atoms with Gasteiger partial charge in [-0.15, -0.1) is 0 Å². The number of benzene rings is 3. The predicted octanol–water partition coefficient (Wildman–Crippen LogP) is 5.44. The second-order valence-electron chi connectivity index (χ2n) is 7.94. The minimum absolute atomic E-state index is 0.337. The molecule has 0 bridgehead atoms. The van der Waals surface area contributed by atoms with Crippen LogP contribution in [0.1, 0.15) is 16.8 Å². The molecule has 160 valence electrons. The molecule has 1 aromatic heterocycles. The number of nitrogens with zero attached hydrogens (tertiary/aromatic N) is 2. The first-order chi connectivity index (χ1) is 15.7. The lowest BCUT2D eigenvalue weighted by Gasteiger charge is -2.27. The first-order valence-electron chi connectivity index (χ1n) is 10.8. The first-order valence-corrected chi connectivity index (χ1v) is 10.8. The Hall–Kier alpha value is -3.86. The summed E-state index contributed by atoms with van der Waals surface area (Å²) in [6, 6.07) is 26.0. The van der Waals surface area contributed by atoms with Crippen LogP contribution in [-0.2, 0) is 22.4 Å². The molecule has 32 heavy (non-hydrogen) atoms.